The minimum atomic E-state index is -2.77. The Morgan fingerprint density at radius 3 is 1.77 bits per heavy atom. The molecule has 0 bridgehead atoms. The minimum absolute atomic E-state index is 0.678. The second kappa shape index (κ2) is 11.9. The molecule has 5 heteroatoms. The topological polar surface area (TPSA) is 47.3 Å². The van der Waals surface area contributed by atoms with Gasteiger partial charge in [-0.25, -0.2) is 9.50 Å². The summed E-state index contributed by atoms with van der Waals surface area (Å²) in [7, 11) is -2.77. The maximum atomic E-state index is 14.4. The molecule has 52 heavy (non-hydrogen) atoms. The number of benzene rings is 7. The van der Waals surface area contributed by atoms with Gasteiger partial charge in [-0.3, -0.25) is 0 Å². The number of aromatic nitrogens is 3. The molecule has 0 radical (unpaired) electrons. The van der Waals surface area contributed by atoms with Crippen molar-refractivity contribution >= 4 is 34.2 Å². The summed E-state index contributed by atoms with van der Waals surface area (Å²) in [6.07, 6.45) is 2.06. The molecule has 0 saturated carbocycles. The molecule has 0 N–H and O–H groups in total. The first-order valence-electron chi connectivity index (χ1n) is 17.5. The number of pyridine rings is 1. The van der Waals surface area contributed by atoms with Crippen LogP contribution < -0.4 is 10.6 Å². The fourth-order valence-corrected chi connectivity index (χ4v) is 10.5. The smallest absolute Gasteiger partial charge is 0.182 e. The lowest BCUT2D eigenvalue weighted by atomic mass is 9.90. The minimum Gasteiger partial charge on any atom is -0.314 e. The standard InChI is InChI=1S/C47H32N3OP/c1-52(51)44-22-11-10-19-40(44)42-21-12-20-41(45(42)52)39-28-27-36(37-17-8-9-18-38(37)39)33-23-25-34(26-24-33)46-48-47-43(32-15-6-3-7-16-32)29-35(30-50(47)49-46)31-13-4-2-5-14-31/h2-30H,1H3. The van der Waals surface area contributed by atoms with Gasteiger partial charge in [0.25, 0.3) is 0 Å². The van der Waals surface area contributed by atoms with Gasteiger partial charge in [-0.15, -0.1) is 5.10 Å². The summed E-state index contributed by atoms with van der Waals surface area (Å²) in [5, 5.41) is 9.19. The van der Waals surface area contributed by atoms with E-state index in [1.807, 2.05) is 41.5 Å². The largest absolute Gasteiger partial charge is 0.314 e. The SMILES string of the molecule is CP1(=O)c2ccccc2-c2cccc(-c3ccc(-c4ccc(-c5nc6c(-c7ccccc7)cc(-c7ccccc7)cn6n5)cc4)c4ccccc34)c21. The molecule has 0 saturated heterocycles. The van der Waals surface area contributed by atoms with E-state index in [4.69, 9.17) is 10.1 Å². The zero-order valence-electron chi connectivity index (χ0n) is 28.4. The van der Waals surface area contributed by atoms with Crippen LogP contribution in [0.2, 0.25) is 0 Å². The lowest BCUT2D eigenvalue weighted by Gasteiger charge is -2.17. The number of hydrogen-bond acceptors (Lipinski definition) is 3. The predicted octanol–water partition coefficient (Wildman–Crippen LogP) is 11.1. The third kappa shape index (κ3) is 4.80. The Hall–Kier alpha value is -6.35. The summed E-state index contributed by atoms with van der Waals surface area (Å²) >= 11 is 0. The molecule has 2 aromatic heterocycles. The van der Waals surface area contributed by atoms with Gasteiger partial charge in [0.15, 0.2) is 11.5 Å². The van der Waals surface area contributed by atoms with Crippen LogP contribution in [0.5, 0.6) is 0 Å². The van der Waals surface area contributed by atoms with Crippen LogP contribution in [0, 0.1) is 0 Å². The van der Waals surface area contributed by atoms with E-state index >= 15 is 0 Å². The average Bonchev–Trinajstić information content (AvgIpc) is 3.74. The highest BCUT2D eigenvalue weighted by Crippen LogP contribution is 2.53. The Labute approximate surface area is 302 Å². The summed E-state index contributed by atoms with van der Waals surface area (Å²) in [6.45, 7) is 1.92. The molecule has 1 unspecified atom stereocenters. The lowest BCUT2D eigenvalue weighted by Crippen LogP contribution is -2.11. The maximum Gasteiger partial charge on any atom is 0.182 e. The molecule has 246 valence electrons. The van der Waals surface area contributed by atoms with Crippen LogP contribution in [-0.2, 0) is 4.57 Å². The van der Waals surface area contributed by atoms with E-state index in [0.29, 0.717) is 5.82 Å². The van der Waals surface area contributed by atoms with Crippen LogP contribution in [-0.4, -0.2) is 21.3 Å². The van der Waals surface area contributed by atoms with E-state index in [-0.39, 0.29) is 0 Å². The summed E-state index contributed by atoms with van der Waals surface area (Å²) in [5.74, 6) is 0.678. The molecule has 1 aliphatic rings. The summed E-state index contributed by atoms with van der Waals surface area (Å²) in [5.41, 5.74) is 12.7. The predicted molar refractivity (Wildman–Crippen MR) is 216 cm³/mol. The zero-order chi connectivity index (χ0) is 34.8. The lowest BCUT2D eigenvalue weighted by molar-refractivity contribution is 0.591. The summed E-state index contributed by atoms with van der Waals surface area (Å²) in [6, 6.07) is 59.0. The molecule has 1 atom stereocenters. The van der Waals surface area contributed by atoms with Gasteiger partial charge in [0.05, 0.1) is 0 Å². The van der Waals surface area contributed by atoms with Crippen molar-refractivity contribution < 1.29 is 4.57 Å². The molecule has 0 aliphatic carbocycles. The van der Waals surface area contributed by atoms with Gasteiger partial charge in [-0.05, 0) is 68.0 Å². The molecular formula is C47H32N3OP. The van der Waals surface area contributed by atoms with E-state index in [1.165, 1.54) is 0 Å². The Kier molecular flexibility index (Phi) is 6.96. The third-order valence-electron chi connectivity index (χ3n) is 10.4. The van der Waals surface area contributed by atoms with E-state index in [0.717, 1.165) is 88.2 Å². The van der Waals surface area contributed by atoms with Crippen LogP contribution in [0.15, 0.2) is 176 Å². The first kappa shape index (κ1) is 30.5. The maximum absolute atomic E-state index is 14.4. The van der Waals surface area contributed by atoms with E-state index in [9.17, 15) is 4.57 Å². The molecule has 3 heterocycles. The first-order chi connectivity index (χ1) is 25.5. The second-order valence-electron chi connectivity index (χ2n) is 13.5. The average molecular weight is 686 g/mol. The van der Waals surface area contributed by atoms with Crippen LogP contribution in [0.25, 0.3) is 83.4 Å². The molecule has 0 amide bonds. The van der Waals surface area contributed by atoms with Crippen LogP contribution in [0.4, 0.5) is 0 Å². The molecular weight excluding hydrogens is 654 g/mol. The Morgan fingerprint density at radius 2 is 1.02 bits per heavy atom. The fraction of sp³-hybridized carbons (Fsp3) is 0.0213. The van der Waals surface area contributed by atoms with Crippen molar-refractivity contribution in [3.8, 4) is 67.0 Å². The van der Waals surface area contributed by atoms with Crippen molar-refractivity contribution in [1.29, 1.82) is 0 Å². The van der Waals surface area contributed by atoms with Gasteiger partial charge in [0.2, 0.25) is 0 Å². The third-order valence-corrected chi connectivity index (χ3v) is 13.1. The van der Waals surface area contributed by atoms with Crippen molar-refractivity contribution in [3.63, 3.8) is 0 Å². The molecule has 0 fully saturated rings. The van der Waals surface area contributed by atoms with Crippen molar-refractivity contribution in [3.05, 3.63) is 176 Å². The van der Waals surface area contributed by atoms with Crippen LogP contribution >= 0.6 is 7.14 Å². The monoisotopic (exact) mass is 685 g/mol. The van der Waals surface area contributed by atoms with E-state index in [1.54, 1.807) is 0 Å². The van der Waals surface area contributed by atoms with Gasteiger partial charge >= 0.3 is 0 Å². The Balaban J connectivity index is 1.05. The number of rotatable bonds is 5. The van der Waals surface area contributed by atoms with Gasteiger partial charge in [0.1, 0.15) is 7.14 Å². The molecule has 10 rings (SSSR count). The number of nitrogens with zero attached hydrogens (tertiary/aromatic N) is 3. The molecule has 0 spiro atoms. The highest BCUT2D eigenvalue weighted by molar-refractivity contribution is 7.79. The fourth-order valence-electron chi connectivity index (χ4n) is 7.94. The van der Waals surface area contributed by atoms with Gasteiger partial charge in [-0.2, -0.15) is 0 Å². The summed E-state index contributed by atoms with van der Waals surface area (Å²) < 4.78 is 16.4. The Bertz CT molecular complexity index is 2880. The van der Waals surface area contributed by atoms with Crippen LogP contribution in [0.1, 0.15) is 0 Å². The Morgan fingerprint density at radius 1 is 0.462 bits per heavy atom. The van der Waals surface area contributed by atoms with Gasteiger partial charge in [0, 0.05) is 33.5 Å². The van der Waals surface area contributed by atoms with Gasteiger partial charge < -0.3 is 4.57 Å². The van der Waals surface area contributed by atoms with Crippen molar-refractivity contribution in [2.45, 2.75) is 0 Å². The molecule has 9 aromatic rings. The molecule has 4 nitrogen and oxygen atoms in total. The zero-order valence-corrected chi connectivity index (χ0v) is 29.3. The van der Waals surface area contributed by atoms with Gasteiger partial charge in [-0.1, -0.05) is 164 Å². The van der Waals surface area contributed by atoms with Crippen molar-refractivity contribution in [2.75, 3.05) is 6.66 Å². The quantitative estimate of drug-likeness (QED) is 0.169. The van der Waals surface area contributed by atoms with E-state index in [2.05, 4.69) is 146 Å². The highest BCUT2D eigenvalue weighted by atomic mass is 31.2. The molecule has 1 aliphatic heterocycles. The number of hydrogen-bond donors (Lipinski definition) is 0. The van der Waals surface area contributed by atoms with Crippen molar-refractivity contribution in [1.82, 2.24) is 14.6 Å². The second-order valence-corrected chi connectivity index (χ2v) is 16.3. The summed E-state index contributed by atoms with van der Waals surface area (Å²) in [4.78, 5) is 5.08. The molecule has 7 aromatic carbocycles. The van der Waals surface area contributed by atoms with Crippen LogP contribution in [0.3, 0.4) is 0 Å². The first-order valence-corrected chi connectivity index (χ1v) is 19.7. The van der Waals surface area contributed by atoms with E-state index < -0.39 is 7.14 Å². The highest BCUT2D eigenvalue weighted by Gasteiger charge is 2.37. The normalized spacial score (nSPS) is 14.8. The number of fused-ring (bicyclic) bond motifs is 5. The van der Waals surface area contributed by atoms with Crippen molar-refractivity contribution in [2.24, 2.45) is 0 Å².